The van der Waals surface area contributed by atoms with Crippen molar-refractivity contribution in [2.24, 2.45) is 11.8 Å². The first kappa shape index (κ1) is 16.1. The van der Waals surface area contributed by atoms with Crippen molar-refractivity contribution in [3.8, 4) is 0 Å². The van der Waals surface area contributed by atoms with Crippen LogP contribution >= 0.6 is 0 Å². The van der Waals surface area contributed by atoms with Crippen molar-refractivity contribution in [3.05, 3.63) is 53.6 Å². The largest absolute Gasteiger partial charge is 0.176 e. The maximum Gasteiger partial charge on any atom is 0.176 e. The van der Waals surface area contributed by atoms with Gasteiger partial charge in [-0.1, -0.05) is 93.4 Å². The first-order chi connectivity index (χ1) is 10.0. The quantitative estimate of drug-likeness (QED) is 0.638. The minimum Gasteiger partial charge on any atom is -0.0814 e. The van der Waals surface area contributed by atoms with Gasteiger partial charge in [0, 0.05) is 0 Å². The summed E-state index contributed by atoms with van der Waals surface area (Å²) in [7, 11) is 0. The average Bonchev–Trinajstić information content (AvgIpc) is 2.48. The van der Waals surface area contributed by atoms with Gasteiger partial charge in [0.1, 0.15) is 0 Å². The van der Waals surface area contributed by atoms with Crippen molar-refractivity contribution in [1.82, 2.24) is 0 Å². The Kier molecular flexibility index (Phi) is 5.50. The SMILES string of the molecule is CCC(B(C)c1ccccc1)C(C)C1=CCC(C)C=C1C. The van der Waals surface area contributed by atoms with Gasteiger partial charge in [-0.15, -0.1) is 0 Å². The first-order valence-corrected chi connectivity index (χ1v) is 8.48. The summed E-state index contributed by atoms with van der Waals surface area (Å²) < 4.78 is 0. The first-order valence-electron chi connectivity index (χ1n) is 8.48. The van der Waals surface area contributed by atoms with E-state index in [0.29, 0.717) is 24.4 Å². The normalized spacial score (nSPS) is 21.3. The Morgan fingerprint density at radius 1 is 1.24 bits per heavy atom. The minimum atomic E-state index is 0.610. The predicted octanol–water partition coefficient (Wildman–Crippen LogP) is 5.35. The molecule has 1 heteroatoms. The van der Waals surface area contributed by atoms with E-state index in [1.165, 1.54) is 23.9 Å². The fourth-order valence-electron chi connectivity index (χ4n) is 3.98. The fraction of sp³-hybridized carbons (Fsp3) is 0.500. The van der Waals surface area contributed by atoms with E-state index in [-0.39, 0.29) is 0 Å². The van der Waals surface area contributed by atoms with Gasteiger partial charge in [0.2, 0.25) is 0 Å². The number of hydrogen-bond donors (Lipinski definition) is 0. The van der Waals surface area contributed by atoms with E-state index < -0.39 is 0 Å². The van der Waals surface area contributed by atoms with Crippen molar-refractivity contribution < 1.29 is 0 Å². The molecule has 112 valence electrons. The van der Waals surface area contributed by atoms with Crippen molar-refractivity contribution in [1.29, 1.82) is 0 Å². The molecule has 0 saturated heterocycles. The van der Waals surface area contributed by atoms with Gasteiger partial charge >= 0.3 is 0 Å². The molecule has 0 saturated carbocycles. The molecule has 0 aromatic heterocycles. The van der Waals surface area contributed by atoms with E-state index in [9.17, 15) is 0 Å². The molecule has 0 amide bonds. The van der Waals surface area contributed by atoms with Crippen LogP contribution in [0.2, 0.25) is 12.6 Å². The zero-order valence-corrected chi connectivity index (χ0v) is 14.3. The van der Waals surface area contributed by atoms with E-state index in [2.05, 4.69) is 77.0 Å². The van der Waals surface area contributed by atoms with Crippen LogP contribution in [0.5, 0.6) is 0 Å². The van der Waals surface area contributed by atoms with Gasteiger partial charge in [0.05, 0.1) is 0 Å². The van der Waals surface area contributed by atoms with E-state index in [1.54, 1.807) is 5.57 Å². The molecule has 0 spiro atoms. The second-order valence-electron chi connectivity index (χ2n) is 6.78. The van der Waals surface area contributed by atoms with Crippen LogP contribution in [0.1, 0.15) is 40.5 Å². The highest BCUT2D eigenvalue weighted by Gasteiger charge is 2.29. The molecule has 3 unspecified atom stereocenters. The van der Waals surface area contributed by atoms with E-state index >= 15 is 0 Å². The third kappa shape index (κ3) is 3.70. The minimum absolute atomic E-state index is 0.610. The molecule has 0 fully saturated rings. The average molecular weight is 280 g/mol. The number of allylic oxidation sites excluding steroid dienone is 4. The zero-order valence-electron chi connectivity index (χ0n) is 14.3. The Hall–Kier alpha value is -1.24. The van der Waals surface area contributed by atoms with Crippen LogP contribution in [-0.2, 0) is 0 Å². The number of rotatable bonds is 5. The van der Waals surface area contributed by atoms with Gasteiger partial charge in [-0.3, -0.25) is 0 Å². The van der Waals surface area contributed by atoms with E-state index in [4.69, 9.17) is 0 Å². The maximum absolute atomic E-state index is 2.49. The van der Waals surface area contributed by atoms with Crippen LogP contribution in [0, 0.1) is 11.8 Å². The van der Waals surface area contributed by atoms with Gasteiger partial charge in [0.25, 0.3) is 0 Å². The molecular formula is C20H29B. The predicted molar refractivity (Wildman–Crippen MR) is 96.5 cm³/mol. The van der Waals surface area contributed by atoms with E-state index in [1.807, 2.05) is 0 Å². The molecule has 3 atom stereocenters. The lowest BCUT2D eigenvalue weighted by Gasteiger charge is -2.31. The highest BCUT2D eigenvalue weighted by atomic mass is 14.2. The Balaban J connectivity index is 2.20. The topological polar surface area (TPSA) is 0 Å². The molecule has 0 nitrogen and oxygen atoms in total. The highest BCUT2D eigenvalue weighted by Crippen LogP contribution is 2.37. The summed E-state index contributed by atoms with van der Waals surface area (Å²) in [4.78, 5) is 0. The lowest BCUT2D eigenvalue weighted by Crippen LogP contribution is -2.35. The van der Waals surface area contributed by atoms with Gasteiger partial charge < -0.3 is 0 Å². The summed E-state index contributed by atoms with van der Waals surface area (Å²) in [6.07, 6.45) is 7.38. The van der Waals surface area contributed by atoms with Crippen molar-refractivity contribution in [3.63, 3.8) is 0 Å². The molecule has 21 heavy (non-hydrogen) atoms. The lowest BCUT2D eigenvalue weighted by atomic mass is 9.35. The molecule has 0 N–H and O–H groups in total. The van der Waals surface area contributed by atoms with Crippen molar-refractivity contribution in [2.75, 3.05) is 0 Å². The van der Waals surface area contributed by atoms with Gasteiger partial charge in [-0.05, 0) is 30.8 Å². The second kappa shape index (κ2) is 7.16. The molecule has 0 aliphatic heterocycles. The lowest BCUT2D eigenvalue weighted by molar-refractivity contribution is 0.580. The Bertz CT molecular complexity index is 512. The molecule has 1 aliphatic carbocycles. The van der Waals surface area contributed by atoms with Crippen LogP contribution < -0.4 is 5.46 Å². The standard InChI is InChI=1S/C20H29B/c1-6-20(21(5)18-10-8-7-9-11-18)17(4)19-13-12-15(2)14-16(19)3/h7-11,13-15,17,20H,6,12H2,1-5H3. The molecule has 2 rings (SSSR count). The summed E-state index contributed by atoms with van der Waals surface area (Å²) in [6, 6.07) is 11.0. The summed E-state index contributed by atoms with van der Waals surface area (Å²) in [5.74, 6) is 2.04. The Morgan fingerprint density at radius 2 is 1.90 bits per heavy atom. The van der Waals surface area contributed by atoms with Crippen LogP contribution in [0.4, 0.5) is 0 Å². The summed E-state index contributed by atoms with van der Waals surface area (Å²) >= 11 is 0. The molecule has 0 heterocycles. The number of benzene rings is 1. The smallest absolute Gasteiger partial charge is 0.0814 e. The van der Waals surface area contributed by atoms with Gasteiger partial charge in [0.15, 0.2) is 6.71 Å². The molecular weight excluding hydrogens is 251 g/mol. The van der Waals surface area contributed by atoms with Crippen molar-refractivity contribution >= 4 is 12.2 Å². The summed E-state index contributed by atoms with van der Waals surface area (Å²) in [5, 5.41) is 0. The Labute approximate surface area is 131 Å². The van der Waals surface area contributed by atoms with Gasteiger partial charge in [-0.25, -0.2) is 0 Å². The van der Waals surface area contributed by atoms with Crippen molar-refractivity contribution in [2.45, 2.75) is 53.2 Å². The van der Waals surface area contributed by atoms with Gasteiger partial charge in [-0.2, -0.15) is 0 Å². The van der Waals surface area contributed by atoms with E-state index in [0.717, 1.165) is 0 Å². The molecule has 1 aliphatic rings. The van der Waals surface area contributed by atoms with Crippen LogP contribution in [-0.4, -0.2) is 6.71 Å². The zero-order chi connectivity index (χ0) is 15.4. The molecule has 1 aromatic rings. The highest BCUT2D eigenvalue weighted by molar-refractivity contribution is 6.73. The molecule has 1 aromatic carbocycles. The van der Waals surface area contributed by atoms with Crippen LogP contribution in [0.3, 0.4) is 0 Å². The second-order valence-corrected chi connectivity index (χ2v) is 6.78. The van der Waals surface area contributed by atoms with Crippen LogP contribution in [0.25, 0.3) is 0 Å². The number of hydrogen-bond acceptors (Lipinski definition) is 0. The monoisotopic (exact) mass is 280 g/mol. The molecule has 0 radical (unpaired) electrons. The maximum atomic E-state index is 2.49. The van der Waals surface area contributed by atoms with Crippen LogP contribution in [0.15, 0.2) is 53.6 Å². The summed E-state index contributed by atoms with van der Waals surface area (Å²) in [5.41, 5.74) is 4.56. The fourth-order valence-corrected chi connectivity index (χ4v) is 3.98. The third-order valence-corrected chi connectivity index (χ3v) is 5.27. The summed E-state index contributed by atoms with van der Waals surface area (Å²) in [6.45, 7) is 12.4. The third-order valence-electron chi connectivity index (χ3n) is 5.27. The Morgan fingerprint density at radius 3 is 2.48 bits per heavy atom. The molecule has 0 bridgehead atoms.